The lowest BCUT2D eigenvalue weighted by Gasteiger charge is -2.30. The zero-order valence-corrected chi connectivity index (χ0v) is 14.3. The summed E-state index contributed by atoms with van der Waals surface area (Å²) in [6.45, 7) is 5.61. The number of alkyl carbamates (subject to hydrolysis) is 1. The summed E-state index contributed by atoms with van der Waals surface area (Å²) < 4.78 is 5.15. The second kappa shape index (κ2) is 9.25. The minimum atomic E-state index is -1.39. The van der Waals surface area contributed by atoms with Crippen molar-refractivity contribution in [2.24, 2.45) is 0 Å². The van der Waals surface area contributed by atoms with Gasteiger partial charge < -0.3 is 15.2 Å². The van der Waals surface area contributed by atoms with Crippen LogP contribution in [0.1, 0.15) is 25.3 Å². The minimum absolute atomic E-state index is 0.0952. The average Bonchev–Trinajstić information content (AvgIpc) is 2.51. The number of aliphatic carboxylic acids is 1. The van der Waals surface area contributed by atoms with Crippen LogP contribution in [0.25, 0.3) is 0 Å². The number of hydrogen-bond donors (Lipinski definition) is 2. The van der Waals surface area contributed by atoms with Gasteiger partial charge in [-0.1, -0.05) is 35.9 Å². The van der Waals surface area contributed by atoms with Crippen LogP contribution in [0.15, 0.2) is 42.5 Å². The van der Waals surface area contributed by atoms with Gasteiger partial charge in [0.1, 0.15) is 12.1 Å². The molecule has 0 aliphatic carbocycles. The van der Waals surface area contributed by atoms with Crippen molar-refractivity contribution in [2.45, 2.75) is 31.9 Å². The molecule has 0 aromatic heterocycles. The lowest BCUT2D eigenvalue weighted by Crippen LogP contribution is -2.55. The summed E-state index contributed by atoms with van der Waals surface area (Å²) in [5.74, 6) is -0.468. The van der Waals surface area contributed by atoms with Gasteiger partial charge in [0, 0.05) is 6.42 Å². The van der Waals surface area contributed by atoms with Crippen molar-refractivity contribution in [3.05, 3.63) is 48.0 Å². The molecule has 126 valence electrons. The van der Waals surface area contributed by atoms with Crippen molar-refractivity contribution in [1.82, 2.24) is 5.32 Å². The van der Waals surface area contributed by atoms with Gasteiger partial charge in [0.05, 0.1) is 0 Å². The van der Waals surface area contributed by atoms with E-state index >= 15 is 0 Å². The molecule has 0 bridgehead atoms. The average molecular weight is 337 g/mol. The van der Waals surface area contributed by atoms with E-state index in [1.165, 1.54) is 11.8 Å². The number of amides is 1. The van der Waals surface area contributed by atoms with Gasteiger partial charge in [0.25, 0.3) is 0 Å². The molecule has 5 nitrogen and oxygen atoms in total. The highest BCUT2D eigenvalue weighted by atomic mass is 32.2. The monoisotopic (exact) mass is 337 g/mol. The molecule has 0 fully saturated rings. The first kappa shape index (κ1) is 19.1. The molecule has 0 unspecified atom stereocenters. The Bertz CT molecular complexity index is 547. The Labute approximate surface area is 141 Å². The highest BCUT2D eigenvalue weighted by molar-refractivity contribution is 7.98. The SMILES string of the molecule is C=C(C)C[C@](CCSC)(NC(=O)OCc1ccccc1)C(=O)O. The molecule has 2 N–H and O–H groups in total. The van der Waals surface area contributed by atoms with Gasteiger partial charge in [-0.05, 0) is 30.9 Å². The fourth-order valence-corrected chi connectivity index (χ4v) is 2.73. The van der Waals surface area contributed by atoms with Crippen LogP contribution in [0.5, 0.6) is 0 Å². The third-order valence-electron chi connectivity index (χ3n) is 3.30. The topological polar surface area (TPSA) is 75.6 Å². The van der Waals surface area contributed by atoms with E-state index in [-0.39, 0.29) is 13.0 Å². The maximum atomic E-state index is 12.0. The van der Waals surface area contributed by atoms with E-state index in [0.717, 1.165) is 5.56 Å². The summed E-state index contributed by atoms with van der Waals surface area (Å²) in [5.41, 5.74) is 0.146. The summed E-state index contributed by atoms with van der Waals surface area (Å²) in [6.07, 6.45) is 1.62. The van der Waals surface area contributed by atoms with Crippen molar-refractivity contribution >= 4 is 23.8 Å². The van der Waals surface area contributed by atoms with Gasteiger partial charge >= 0.3 is 12.1 Å². The Morgan fingerprint density at radius 1 is 1.35 bits per heavy atom. The summed E-state index contributed by atoms with van der Waals surface area (Å²) in [5, 5.41) is 12.1. The highest BCUT2D eigenvalue weighted by Gasteiger charge is 2.40. The molecule has 6 heteroatoms. The number of thioether (sulfide) groups is 1. The van der Waals surface area contributed by atoms with E-state index in [0.29, 0.717) is 17.7 Å². The first-order valence-corrected chi connectivity index (χ1v) is 8.64. The molecule has 1 atom stereocenters. The van der Waals surface area contributed by atoms with Gasteiger partial charge in [-0.15, -0.1) is 6.58 Å². The predicted molar refractivity (Wildman–Crippen MR) is 92.6 cm³/mol. The molecule has 23 heavy (non-hydrogen) atoms. The Balaban J connectivity index is 2.75. The van der Waals surface area contributed by atoms with Crippen LogP contribution >= 0.6 is 11.8 Å². The van der Waals surface area contributed by atoms with Gasteiger partial charge in [-0.2, -0.15) is 11.8 Å². The molecule has 0 aliphatic heterocycles. The van der Waals surface area contributed by atoms with Crippen molar-refractivity contribution in [3.8, 4) is 0 Å². The molecule has 0 radical (unpaired) electrons. The molecule has 0 saturated carbocycles. The minimum Gasteiger partial charge on any atom is -0.479 e. The fraction of sp³-hybridized carbons (Fsp3) is 0.412. The molecule has 0 aliphatic rings. The van der Waals surface area contributed by atoms with Crippen LogP contribution in [0, 0.1) is 0 Å². The summed E-state index contributed by atoms with van der Waals surface area (Å²) in [4.78, 5) is 23.8. The van der Waals surface area contributed by atoms with Crippen molar-refractivity contribution in [1.29, 1.82) is 0 Å². The summed E-state index contributed by atoms with van der Waals surface area (Å²) >= 11 is 1.53. The van der Waals surface area contributed by atoms with Crippen molar-refractivity contribution in [3.63, 3.8) is 0 Å². The Kier molecular flexibility index (Phi) is 7.68. The fourth-order valence-electron chi connectivity index (χ4n) is 2.18. The third-order valence-corrected chi connectivity index (χ3v) is 3.91. The number of hydrogen-bond acceptors (Lipinski definition) is 4. The summed E-state index contributed by atoms with van der Waals surface area (Å²) in [6, 6.07) is 9.22. The zero-order valence-electron chi connectivity index (χ0n) is 13.5. The number of nitrogens with one attached hydrogen (secondary N) is 1. The summed E-state index contributed by atoms with van der Waals surface area (Å²) in [7, 11) is 0. The van der Waals surface area contributed by atoms with Gasteiger partial charge in [0.15, 0.2) is 0 Å². The highest BCUT2D eigenvalue weighted by Crippen LogP contribution is 2.23. The first-order valence-electron chi connectivity index (χ1n) is 7.25. The molecule has 1 rings (SSSR count). The van der Waals surface area contributed by atoms with Crippen LogP contribution in [0.2, 0.25) is 0 Å². The van der Waals surface area contributed by atoms with E-state index in [2.05, 4.69) is 11.9 Å². The number of carboxylic acids is 1. The van der Waals surface area contributed by atoms with Crippen LogP contribution in [-0.2, 0) is 16.1 Å². The smallest absolute Gasteiger partial charge is 0.408 e. The molecular weight excluding hydrogens is 314 g/mol. The molecule has 1 amide bonds. The van der Waals surface area contributed by atoms with Crippen LogP contribution in [0.3, 0.4) is 0 Å². The molecule has 0 spiro atoms. The van der Waals surface area contributed by atoms with Gasteiger partial charge in [-0.3, -0.25) is 0 Å². The molecule has 0 saturated heterocycles. The Morgan fingerprint density at radius 2 is 2.00 bits per heavy atom. The van der Waals surface area contributed by atoms with Crippen LogP contribution in [0.4, 0.5) is 4.79 Å². The lowest BCUT2D eigenvalue weighted by atomic mass is 9.89. The number of rotatable bonds is 9. The molecule has 1 aromatic carbocycles. The van der Waals surface area contributed by atoms with E-state index in [1.54, 1.807) is 6.92 Å². The lowest BCUT2D eigenvalue weighted by molar-refractivity contribution is -0.144. The third kappa shape index (κ3) is 6.36. The standard InChI is InChI=1S/C17H23NO4S/c1-13(2)11-17(15(19)20,9-10-23-3)18-16(21)22-12-14-7-5-4-6-8-14/h4-8H,1,9-12H2,2-3H3,(H,18,21)(H,19,20)/t17-/m0/s1. The quantitative estimate of drug-likeness (QED) is 0.675. The van der Waals surface area contributed by atoms with E-state index in [9.17, 15) is 14.7 Å². The van der Waals surface area contributed by atoms with Crippen LogP contribution < -0.4 is 5.32 Å². The number of carbonyl (C=O) groups is 2. The number of carboxylic acid groups (broad SMARTS) is 1. The molecule has 0 heterocycles. The van der Waals surface area contributed by atoms with E-state index in [1.807, 2.05) is 36.6 Å². The van der Waals surface area contributed by atoms with Crippen molar-refractivity contribution < 1.29 is 19.4 Å². The van der Waals surface area contributed by atoms with Gasteiger partial charge in [0.2, 0.25) is 0 Å². The number of benzene rings is 1. The van der Waals surface area contributed by atoms with Gasteiger partial charge in [-0.25, -0.2) is 9.59 Å². The predicted octanol–water partition coefficient (Wildman–Crippen LogP) is 3.46. The normalized spacial score (nSPS) is 13.0. The second-order valence-electron chi connectivity index (χ2n) is 5.45. The Morgan fingerprint density at radius 3 is 2.52 bits per heavy atom. The van der Waals surface area contributed by atoms with Crippen LogP contribution in [-0.4, -0.2) is 34.7 Å². The number of ether oxygens (including phenoxy) is 1. The Hall–Kier alpha value is -1.95. The zero-order chi connectivity index (χ0) is 17.3. The van der Waals surface area contributed by atoms with Crippen molar-refractivity contribution in [2.75, 3.05) is 12.0 Å². The maximum Gasteiger partial charge on any atom is 0.408 e. The number of carbonyl (C=O) groups excluding carboxylic acids is 1. The maximum absolute atomic E-state index is 12.0. The second-order valence-corrected chi connectivity index (χ2v) is 6.44. The van der Waals surface area contributed by atoms with E-state index < -0.39 is 17.6 Å². The van der Waals surface area contributed by atoms with E-state index in [4.69, 9.17) is 4.74 Å². The largest absolute Gasteiger partial charge is 0.479 e. The molecule has 1 aromatic rings. The first-order chi connectivity index (χ1) is 10.9. The molecular formula is C17H23NO4S.